The highest BCUT2D eigenvalue weighted by molar-refractivity contribution is 5.22. The Morgan fingerprint density at radius 2 is 2.00 bits per heavy atom. The Morgan fingerprint density at radius 1 is 1.33 bits per heavy atom. The van der Waals surface area contributed by atoms with Gasteiger partial charge in [0.25, 0.3) is 0 Å². The van der Waals surface area contributed by atoms with Gasteiger partial charge >= 0.3 is 0 Å². The lowest BCUT2D eigenvalue weighted by Gasteiger charge is -2.23. The van der Waals surface area contributed by atoms with E-state index in [2.05, 4.69) is 12.2 Å². The Balaban J connectivity index is 3.01. The van der Waals surface area contributed by atoms with Crippen LogP contribution in [-0.4, -0.2) is 7.05 Å². The molecule has 0 amide bonds. The largest absolute Gasteiger partial charge is 0.313 e. The number of hydrogen-bond donors (Lipinski definition) is 1. The molecular weight excluding hydrogens is 196 g/mol. The van der Waals surface area contributed by atoms with Crippen molar-refractivity contribution >= 4 is 0 Å². The Hall–Kier alpha value is -0.960. The maximum Gasteiger partial charge on any atom is 0.130 e. The minimum Gasteiger partial charge on any atom is -0.313 e. The zero-order valence-electron chi connectivity index (χ0n) is 9.35. The molecule has 0 aliphatic heterocycles. The second-order valence-corrected chi connectivity index (χ2v) is 3.82. The fraction of sp³-hybridized carbons (Fsp3) is 0.500. The van der Waals surface area contributed by atoms with Gasteiger partial charge in [-0.1, -0.05) is 26.3 Å². The van der Waals surface area contributed by atoms with Gasteiger partial charge < -0.3 is 5.32 Å². The average molecular weight is 213 g/mol. The van der Waals surface area contributed by atoms with Crippen LogP contribution in [0.4, 0.5) is 8.78 Å². The Kier molecular flexibility index (Phi) is 4.21. The van der Waals surface area contributed by atoms with Gasteiger partial charge in [0.05, 0.1) is 0 Å². The third-order valence-corrected chi connectivity index (χ3v) is 2.82. The predicted molar refractivity (Wildman–Crippen MR) is 57.6 cm³/mol. The van der Waals surface area contributed by atoms with E-state index in [1.807, 2.05) is 6.92 Å². The lowest BCUT2D eigenvalue weighted by atomic mass is 9.92. The van der Waals surface area contributed by atoms with Crippen LogP contribution in [-0.2, 0) is 0 Å². The topological polar surface area (TPSA) is 12.0 Å². The van der Waals surface area contributed by atoms with Crippen molar-refractivity contribution in [1.82, 2.24) is 5.32 Å². The zero-order valence-corrected chi connectivity index (χ0v) is 9.35. The second-order valence-electron chi connectivity index (χ2n) is 3.82. The molecule has 0 fully saturated rings. The summed E-state index contributed by atoms with van der Waals surface area (Å²) in [6, 6.07) is 3.68. The Morgan fingerprint density at radius 3 is 2.47 bits per heavy atom. The van der Waals surface area contributed by atoms with Gasteiger partial charge in [-0.15, -0.1) is 0 Å². The van der Waals surface area contributed by atoms with Crippen LogP contribution in [0.5, 0.6) is 0 Å². The summed E-state index contributed by atoms with van der Waals surface area (Å²) >= 11 is 0. The van der Waals surface area contributed by atoms with Gasteiger partial charge in [-0.25, -0.2) is 8.78 Å². The normalized spacial score (nSPS) is 15.0. The molecule has 3 heteroatoms. The summed E-state index contributed by atoms with van der Waals surface area (Å²) in [5, 5.41) is 3.07. The molecule has 2 atom stereocenters. The third-order valence-electron chi connectivity index (χ3n) is 2.82. The van der Waals surface area contributed by atoms with Crippen LogP contribution >= 0.6 is 0 Å². The van der Waals surface area contributed by atoms with Gasteiger partial charge in [0, 0.05) is 17.7 Å². The van der Waals surface area contributed by atoms with E-state index in [-0.39, 0.29) is 6.04 Å². The summed E-state index contributed by atoms with van der Waals surface area (Å²) in [6.45, 7) is 4.10. The second kappa shape index (κ2) is 5.21. The van der Waals surface area contributed by atoms with Gasteiger partial charge in [-0.3, -0.25) is 0 Å². The zero-order chi connectivity index (χ0) is 11.4. The van der Waals surface area contributed by atoms with Crippen molar-refractivity contribution in [2.75, 3.05) is 7.05 Å². The van der Waals surface area contributed by atoms with Gasteiger partial charge in [0.1, 0.15) is 11.6 Å². The first-order chi connectivity index (χ1) is 7.10. The maximum atomic E-state index is 13.5. The molecular formula is C12H17F2N. The van der Waals surface area contributed by atoms with Crippen LogP contribution in [0.3, 0.4) is 0 Å². The molecule has 0 spiro atoms. The van der Waals surface area contributed by atoms with Crippen LogP contribution < -0.4 is 5.32 Å². The van der Waals surface area contributed by atoms with Gasteiger partial charge in [0.15, 0.2) is 0 Å². The van der Waals surface area contributed by atoms with E-state index in [1.165, 1.54) is 12.1 Å². The molecule has 15 heavy (non-hydrogen) atoms. The fourth-order valence-electron chi connectivity index (χ4n) is 1.74. The highest BCUT2D eigenvalue weighted by atomic mass is 19.1. The first-order valence-corrected chi connectivity index (χ1v) is 5.22. The molecule has 0 saturated heterocycles. The summed E-state index contributed by atoms with van der Waals surface area (Å²) in [7, 11) is 1.79. The van der Waals surface area contributed by atoms with Gasteiger partial charge in [-0.2, -0.15) is 0 Å². The number of benzene rings is 1. The lowest BCUT2D eigenvalue weighted by molar-refractivity contribution is 0.386. The van der Waals surface area contributed by atoms with Gasteiger partial charge in [-0.05, 0) is 19.0 Å². The predicted octanol–water partition coefficient (Wildman–Crippen LogP) is 3.27. The number of nitrogens with one attached hydrogen (secondary N) is 1. The molecule has 0 aromatic heterocycles. The van der Waals surface area contributed by atoms with Crippen LogP contribution in [0.2, 0.25) is 0 Å². The van der Waals surface area contributed by atoms with Crippen molar-refractivity contribution in [3.63, 3.8) is 0 Å². The highest BCUT2D eigenvalue weighted by Crippen LogP contribution is 2.26. The van der Waals surface area contributed by atoms with E-state index < -0.39 is 11.6 Å². The summed E-state index contributed by atoms with van der Waals surface area (Å²) in [5.74, 6) is -0.695. The average Bonchev–Trinajstić information content (AvgIpc) is 2.21. The molecule has 0 aliphatic carbocycles. The van der Waals surface area contributed by atoms with E-state index in [4.69, 9.17) is 0 Å². The summed E-state index contributed by atoms with van der Waals surface area (Å²) in [6.07, 6.45) is 0.947. The van der Waals surface area contributed by atoms with Crippen molar-refractivity contribution in [2.45, 2.75) is 26.3 Å². The van der Waals surface area contributed by atoms with Crippen molar-refractivity contribution < 1.29 is 8.78 Å². The number of halogens is 2. The third kappa shape index (κ3) is 2.75. The van der Waals surface area contributed by atoms with E-state index in [0.717, 1.165) is 12.5 Å². The lowest BCUT2D eigenvalue weighted by Crippen LogP contribution is -2.24. The molecule has 1 N–H and O–H groups in total. The number of hydrogen-bond acceptors (Lipinski definition) is 1. The molecule has 0 heterocycles. The highest BCUT2D eigenvalue weighted by Gasteiger charge is 2.19. The van der Waals surface area contributed by atoms with Crippen molar-refractivity contribution in [3.8, 4) is 0 Å². The molecule has 1 nitrogen and oxygen atoms in total. The molecule has 84 valence electrons. The summed E-state index contributed by atoms with van der Waals surface area (Å²) in [5.41, 5.74) is 0.535. The minimum atomic E-state index is -0.532. The maximum absolute atomic E-state index is 13.5. The van der Waals surface area contributed by atoms with Crippen LogP contribution in [0, 0.1) is 17.6 Å². The standard InChI is InChI=1S/C12H17F2N/c1-4-8(2)12(15-3)10-6-5-9(13)7-11(10)14/h5-8,12,15H,4H2,1-3H3. The van der Waals surface area contributed by atoms with E-state index in [0.29, 0.717) is 11.5 Å². The monoisotopic (exact) mass is 213 g/mol. The van der Waals surface area contributed by atoms with Crippen LogP contribution in [0.1, 0.15) is 31.9 Å². The number of rotatable bonds is 4. The minimum absolute atomic E-state index is 0.0596. The fourth-order valence-corrected chi connectivity index (χ4v) is 1.74. The van der Waals surface area contributed by atoms with Crippen LogP contribution in [0.15, 0.2) is 18.2 Å². The molecule has 1 aromatic carbocycles. The summed E-state index contributed by atoms with van der Waals surface area (Å²) < 4.78 is 26.2. The first kappa shape index (κ1) is 12.1. The van der Waals surface area contributed by atoms with E-state index in [1.54, 1.807) is 7.05 Å². The van der Waals surface area contributed by atoms with Crippen molar-refractivity contribution in [2.24, 2.45) is 5.92 Å². The van der Waals surface area contributed by atoms with Crippen LogP contribution in [0.25, 0.3) is 0 Å². The quantitative estimate of drug-likeness (QED) is 0.809. The van der Waals surface area contributed by atoms with E-state index in [9.17, 15) is 8.78 Å². The van der Waals surface area contributed by atoms with Crippen molar-refractivity contribution in [3.05, 3.63) is 35.4 Å². The SMILES string of the molecule is CCC(C)C(NC)c1ccc(F)cc1F. The Bertz CT molecular complexity index is 325. The van der Waals surface area contributed by atoms with Gasteiger partial charge in [0.2, 0.25) is 0 Å². The van der Waals surface area contributed by atoms with Crippen molar-refractivity contribution in [1.29, 1.82) is 0 Å². The molecule has 0 radical (unpaired) electrons. The summed E-state index contributed by atoms with van der Waals surface area (Å²) in [4.78, 5) is 0. The molecule has 0 bridgehead atoms. The molecule has 1 aromatic rings. The smallest absolute Gasteiger partial charge is 0.130 e. The molecule has 1 rings (SSSR count). The molecule has 0 saturated carbocycles. The molecule has 0 aliphatic rings. The molecule has 2 unspecified atom stereocenters. The first-order valence-electron chi connectivity index (χ1n) is 5.22. The van der Waals surface area contributed by atoms with E-state index >= 15 is 0 Å². The Labute approximate surface area is 89.5 Å².